The van der Waals surface area contributed by atoms with E-state index in [4.69, 9.17) is 9.47 Å². The Bertz CT molecular complexity index is 764. The molecular formula is C17H15N3O3. The summed E-state index contributed by atoms with van der Waals surface area (Å²) in [7, 11) is 3.05. The van der Waals surface area contributed by atoms with Gasteiger partial charge in [-0.2, -0.15) is 5.26 Å². The molecule has 1 aromatic heterocycles. The normalized spacial score (nSPS) is 10.6. The van der Waals surface area contributed by atoms with Crippen LogP contribution in [0.25, 0.3) is 6.08 Å². The SMILES string of the molecule is COc1ccc(OC)c(/C=C(\C#N)C(=O)Nc2ccccn2)c1. The second kappa shape index (κ2) is 7.61. The molecule has 0 aliphatic heterocycles. The molecule has 2 rings (SSSR count). The molecular weight excluding hydrogens is 294 g/mol. The van der Waals surface area contributed by atoms with Crippen molar-refractivity contribution in [2.45, 2.75) is 0 Å². The first-order valence-electron chi connectivity index (χ1n) is 6.74. The number of methoxy groups -OCH3 is 2. The third-order valence-electron chi connectivity index (χ3n) is 3.01. The molecule has 0 fully saturated rings. The van der Waals surface area contributed by atoms with Crippen LogP contribution in [-0.2, 0) is 4.79 Å². The van der Waals surface area contributed by atoms with Gasteiger partial charge in [0.2, 0.25) is 0 Å². The minimum Gasteiger partial charge on any atom is -0.497 e. The standard InChI is InChI=1S/C17H15N3O3/c1-22-14-6-7-15(23-2)12(10-14)9-13(11-18)17(21)20-16-5-3-4-8-19-16/h3-10H,1-2H3,(H,19,20,21)/b13-9+. The summed E-state index contributed by atoms with van der Waals surface area (Å²) in [6.07, 6.45) is 3.00. The highest BCUT2D eigenvalue weighted by Gasteiger charge is 2.12. The van der Waals surface area contributed by atoms with E-state index in [1.54, 1.807) is 42.6 Å². The van der Waals surface area contributed by atoms with Crippen LogP contribution in [0.2, 0.25) is 0 Å². The van der Waals surface area contributed by atoms with Crippen LogP contribution < -0.4 is 14.8 Å². The summed E-state index contributed by atoms with van der Waals surface area (Å²) in [4.78, 5) is 16.2. The number of carbonyl (C=O) groups is 1. The molecule has 6 heteroatoms. The number of hydrogen-bond acceptors (Lipinski definition) is 5. The van der Waals surface area contributed by atoms with Gasteiger partial charge in [-0.25, -0.2) is 4.98 Å². The van der Waals surface area contributed by atoms with Crippen molar-refractivity contribution in [3.05, 3.63) is 53.7 Å². The number of amides is 1. The lowest BCUT2D eigenvalue weighted by Crippen LogP contribution is -2.14. The van der Waals surface area contributed by atoms with E-state index >= 15 is 0 Å². The molecule has 0 bridgehead atoms. The molecule has 23 heavy (non-hydrogen) atoms. The number of pyridine rings is 1. The monoisotopic (exact) mass is 309 g/mol. The van der Waals surface area contributed by atoms with Gasteiger partial charge in [0.25, 0.3) is 5.91 Å². The molecule has 0 saturated carbocycles. The zero-order valence-corrected chi connectivity index (χ0v) is 12.7. The molecule has 1 N–H and O–H groups in total. The Morgan fingerprint density at radius 3 is 2.70 bits per heavy atom. The number of rotatable bonds is 5. The van der Waals surface area contributed by atoms with Crippen molar-refractivity contribution in [1.82, 2.24) is 4.98 Å². The number of nitrogens with zero attached hydrogens (tertiary/aromatic N) is 2. The van der Waals surface area contributed by atoms with Crippen LogP contribution in [0.1, 0.15) is 5.56 Å². The van der Waals surface area contributed by atoms with Gasteiger partial charge in [-0.05, 0) is 36.4 Å². The topological polar surface area (TPSA) is 84.2 Å². The summed E-state index contributed by atoms with van der Waals surface area (Å²) >= 11 is 0. The molecule has 0 radical (unpaired) electrons. The Morgan fingerprint density at radius 1 is 1.26 bits per heavy atom. The fraction of sp³-hybridized carbons (Fsp3) is 0.118. The molecule has 0 spiro atoms. The summed E-state index contributed by atoms with van der Waals surface area (Å²) in [5, 5.41) is 11.8. The lowest BCUT2D eigenvalue weighted by Gasteiger charge is -2.08. The van der Waals surface area contributed by atoms with Crippen molar-refractivity contribution in [1.29, 1.82) is 5.26 Å². The van der Waals surface area contributed by atoms with Gasteiger partial charge in [-0.1, -0.05) is 6.07 Å². The third kappa shape index (κ3) is 4.08. The van der Waals surface area contributed by atoms with E-state index in [0.29, 0.717) is 22.9 Å². The first-order valence-corrected chi connectivity index (χ1v) is 6.74. The molecule has 1 amide bonds. The van der Waals surface area contributed by atoms with Crippen molar-refractivity contribution in [3.63, 3.8) is 0 Å². The van der Waals surface area contributed by atoms with E-state index in [9.17, 15) is 10.1 Å². The van der Waals surface area contributed by atoms with Crippen LogP contribution >= 0.6 is 0 Å². The number of anilines is 1. The largest absolute Gasteiger partial charge is 0.497 e. The van der Waals surface area contributed by atoms with Gasteiger partial charge in [-0.3, -0.25) is 4.79 Å². The van der Waals surface area contributed by atoms with Crippen LogP contribution in [0.4, 0.5) is 5.82 Å². The third-order valence-corrected chi connectivity index (χ3v) is 3.01. The maximum absolute atomic E-state index is 12.2. The molecule has 0 unspecified atom stereocenters. The number of aromatic nitrogens is 1. The zero-order valence-electron chi connectivity index (χ0n) is 12.7. The molecule has 1 aromatic carbocycles. The van der Waals surface area contributed by atoms with E-state index in [2.05, 4.69) is 10.3 Å². The highest BCUT2D eigenvalue weighted by Crippen LogP contribution is 2.26. The molecule has 2 aromatic rings. The van der Waals surface area contributed by atoms with Crippen LogP contribution in [-0.4, -0.2) is 25.1 Å². The van der Waals surface area contributed by atoms with Crippen molar-refractivity contribution >= 4 is 17.8 Å². The fourth-order valence-corrected chi connectivity index (χ4v) is 1.88. The molecule has 0 aliphatic rings. The van der Waals surface area contributed by atoms with E-state index in [-0.39, 0.29) is 5.57 Å². The highest BCUT2D eigenvalue weighted by atomic mass is 16.5. The quantitative estimate of drug-likeness (QED) is 0.678. The van der Waals surface area contributed by atoms with E-state index in [1.807, 2.05) is 6.07 Å². The highest BCUT2D eigenvalue weighted by molar-refractivity contribution is 6.09. The Labute approximate surface area is 134 Å². The summed E-state index contributed by atoms with van der Waals surface area (Å²) in [5.74, 6) is 0.955. The van der Waals surface area contributed by atoms with Gasteiger partial charge in [-0.15, -0.1) is 0 Å². The summed E-state index contributed by atoms with van der Waals surface area (Å²) in [5.41, 5.74) is 0.502. The summed E-state index contributed by atoms with van der Waals surface area (Å²) in [6.45, 7) is 0. The predicted molar refractivity (Wildman–Crippen MR) is 86.0 cm³/mol. The van der Waals surface area contributed by atoms with E-state index < -0.39 is 5.91 Å². The summed E-state index contributed by atoms with van der Waals surface area (Å²) in [6, 6.07) is 12.1. The number of benzene rings is 1. The van der Waals surface area contributed by atoms with Crippen LogP contribution in [0.5, 0.6) is 11.5 Å². The Hall–Kier alpha value is -3.33. The predicted octanol–water partition coefficient (Wildman–Crippen LogP) is 2.64. The maximum atomic E-state index is 12.2. The second-order valence-electron chi connectivity index (χ2n) is 4.45. The van der Waals surface area contributed by atoms with Crippen LogP contribution in [0.3, 0.4) is 0 Å². The number of nitriles is 1. The number of nitrogens with one attached hydrogen (secondary N) is 1. The Morgan fingerprint density at radius 2 is 2.09 bits per heavy atom. The average molecular weight is 309 g/mol. The minimum atomic E-state index is -0.545. The van der Waals surface area contributed by atoms with Gasteiger partial charge in [0, 0.05) is 11.8 Å². The maximum Gasteiger partial charge on any atom is 0.267 e. The number of hydrogen-bond donors (Lipinski definition) is 1. The summed E-state index contributed by atoms with van der Waals surface area (Å²) < 4.78 is 10.4. The molecule has 0 saturated heterocycles. The minimum absolute atomic E-state index is 0.0674. The Kier molecular flexibility index (Phi) is 5.31. The van der Waals surface area contributed by atoms with Gasteiger partial charge < -0.3 is 14.8 Å². The Balaban J connectivity index is 2.31. The number of carbonyl (C=O) groups excluding carboxylic acids is 1. The van der Waals surface area contributed by atoms with Crippen LogP contribution in [0, 0.1) is 11.3 Å². The lowest BCUT2D eigenvalue weighted by molar-refractivity contribution is -0.112. The van der Waals surface area contributed by atoms with Crippen LogP contribution in [0.15, 0.2) is 48.2 Å². The van der Waals surface area contributed by atoms with Crippen molar-refractivity contribution in [2.24, 2.45) is 0 Å². The first kappa shape index (κ1) is 16.0. The van der Waals surface area contributed by atoms with E-state index in [1.165, 1.54) is 20.3 Å². The molecule has 0 aliphatic carbocycles. The zero-order chi connectivity index (χ0) is 16.7. The van der Waals surface area contributed by atoms with Gasteiger partial charge in [0.1, 0.15) is 29.0 Å². The first-order chi connectivity index (χ1) is 11.2. The average Bonchev–Trinajstić information content (AvgIpc) is 2.60. The van der Waals surface area contributed by atoms with Crippen molar-refractivity contribution < 1.29 is 14.3 Å². The number of ether oxygens (including phenoxy) is 2. The fourth-order valence-electron chi connectivity index (χ4n) is 1.88. The molecule has 6 nitrogen and oxygen atoms in total. The smallest absolute Gasteiger partial charge is 0.267 e. The second-order valence-corrected chi connectivity index (χ2v) is 4.45. The van der Waals surface area contributed by atoms with Gasteiger partial charge in [0.05, 0.1) is 14.2 Å². The van der Waals surface area contributed by atoms with Gasteiger partial charge >= 0.3 is 0 Å². The molecule has 1 heterocycles. The molecule has 0 atom stereocenters. The van der Waals surface area contributed by atoms with Gasteiger partial charge in [0.15, 0.2) is 0 Å². The van der Waals surface area contributed by atoms with Crippen molar-refractivity contribution in [3.8, 4) is 17.6 Å². The van der Waals surface area contributed by atoms with Crippen molar-refractivity contribution in [2.75, 3.05) is 19.5 Å². The lowest BCUT2D eigenvalue weighted by atomic mass is 10.1. The van der Waals surface area contributed by atoms with E-state index in [0.717, 1.165) is 0 Å². The molecule has 116 valence electrons.